The number of carbonyl (C=O) groups excluding carboxylic acids is 3. The van der Waals surface area contributed by atoms with Crippen LogP contribution in [-0.4, -0.2) is 59.0 Å². The number of amides is 3. The summed E-state index contributed by atoms with van der Waals surface area (Å²) in [6.07, 6.45) is 14.5. The predicted molar refractivity (Wildman–Crippen MR) is 115 cm³/mol. The summed E-state index contributed by atoms with van der Waals surface area (Å²) < 4.78 is 6.32. The largest absolute Gasteiger partial charge is 0.359 e. The molecule has 0 radical (unpaired) electrons. The van der Waals surface area contributed by atoms with E-state index in [0.29, 0.717) is 0 Å². The molecular formula is C24H33N3O4. The minimum Gasteiger partial charge on any atom is -0.359 e. The van der Waals surface area contributed by atoms with Gasteiger partial charge in [-0.15, -0.1) is 6.58 Å². The van der Waals surface area contributed by atoms with E-state index in [-0.39, 0.29) is 36.3 Å². The maximum atomic E-state index is 13.5. The first-order chi connectivity index (χ1) is 15.0. The molecule has 5 rings (SSSR count). The monoisotopic (exact) mass is 427 g/mol. The summed E-state index contributed by atoms with van der Waals surface area (Å²) in [5.74, 6) is -1.72. The number of ether oxygens (including phenoxy) is 1. The lowest BCUT2D eigenvalue weighted by molar-refractivity contribution is -0.141. The average molecular weight is 428 g/mol. The fourth-order valence-electron chi connectivity index (χ4n) is 6.50. The summed E-state index contributed by atoms with van der Waals surface area (Å²) in [5.41, 5.74) is -1.07. The van der Waals surface area contributed by atoms with Crippen molar-refractivity contribution in [1.82, 2.24) is 15.5 Å². The molecule has 0 aromatic rings. The van der Waals surface area contributed by atoms with Gasteiger partial charge in [0.1, 0.15) is 11.6 Å². The number of likely N-dealkylation sites (tertiary alicyclic amines) is 1. The van der Waals surface area contributed by atoms with E-state index in [4.69, 9.17) is 4.74 Å². The summed E-state index contributed by atoms with van der Waals surface area (Å²) in [6, 6.07) is -0.449. The number of carbonyl (C=O) groups is 3. The van der Waals surface area contributed by atoms with Gasteiger partial charge in [0.2, 0.25) is 17.7 Å². The molecule has 2 saturated carbocycles. The van der Waals surface area contributed by atoms with Crippen molar-refractivity contribution in [3.63, 3.8) is 0 Å². The normalized spacial score (nSPS) is 37.3. The third-order valence-electron chi connectivity index (χ3n) is 7.90. The first-order valence-electron chi connectivity index (χ1n) is 11.9. The Morgan fingerprint density at radius 1 is 1.06 bits per heavy atom. The molecule has 7 nitrogen and oxygen atoms in total. The molecule has 0 unspecified atom stereocenters. The summed E-state index contributed by atoms with van der Waals surface area (Å²) in [4.78, 5) is 41.8. The first-order valence-corrected chi connectivity index (χ1v) is 11.9. The molecule has 4 fully saturated rings. The van der Waals surface area contributed by atoms with Gasteiger partial charge in [-0.1, -0.05) is 50.3 Å². The van der Waals surface area contributed by atoms with Crippen LogP contribution in [0.15, 0.2) is 24.8 Å². The molecule has 5 aliphatic rings. The van der Waals surface area contributed by atoms with Crippen LogP contribution in [0.2, 0.25) is 0 Å². The molecule has 1 spiro atoms. The van der Waals surface area contributed by atoms with E-state index >= 15 is 0 Å². The zero-order chi connectivity index (χ0) is 21.6. The topological polar surface area (TPSA) is 87.7 Å². The molecule has 2 saturated heterocycles. The van der Waals surface area contributed by atoms with E-state index in [1.54, 1.807) is 11.0 Å². The first kappa shape index (κ1) is 20.7. The van der Waals surface area contributed by atoms with Gasteiger partial charge in [0.05, 0.1) is 17.9 Å². The fraction of sp³-hybridized carbons (Fsp3) is 0.708. The number of nitrogens with zero attached hydrogens (tertiary/aromatic N) is 1. The maximum Gasteiger partial charge on any atom is 0.246 e. The Balaban J connectivity index is 1.41. The van der Waals surface area contributed by atoms with Crippen LogP contribution < -0.4 is 10.6 Å². The van der Waals surface area contributed by atoms with Gasteiger partial charge in [0.15, 0.2) is 0 Å². The quantitative estimate of drug-likeness (QED) is 0.633. The second kappa shape index (κ2) is 8.08. The molecule has 3 amide bonds. The Kier molecular flexibility index (Phi) is 5.40. The van der Waals surface area contributed by atoms with E-state index in [9.17, 15) is 14.4 Å². The number of hydrogen-bond donors (Lipinski definition) is 2. The van der Waals surface area contributed by atoms with E-state index in [1.807, 2.05) is 12.2 Å². The van der Waals surface area contributed by atoms with Crippen LogP contribution in [0.25, 0.3) is 0 Å². The Hall–Kier alpha value is -2.15. The molecule has 3 heterocycles. The molecule has 168 valence electrons. The molecule has 31 heavy (non-hydrogen) atoms. The second-order valence-electron chi connectivity index (χ2n) is 9.81. The Bertz CT molecular complexity index is 799. The summed E-state index contributed by atoms with van der Waals surface area (Å²) in [7, 11) is 0. The predicted octanol–water partition coefficient (Wildman–Crippen LogP) is 1.83. The van der Waals surface area contributed by atoms with Crippen LogP contribution >= 0.6 is 0 Å². The van der Waals surface area contributed by atoms with Crippen LogP contribution in [0.3, 0.4) is 0 Å². The van der Waals surface area contributed by atoms with E-state index in [0.717, 1.165) is 51.4 Å². The number of fused-ring (bicyclic) bond motifs is 1. The van der Waals surface area contributed by atoms with Crippen molar-refractivity contribution in [2.45, 2.75) is 87.6 Å². The Morgan fingerprint density at radius 3 is 2.32 bits per heavy atom. The van der Waals surface area contributed by atoms with Gasteiger partial charge >= 0.3 is 0 Å². The van der Waals surface area contributed by atoms with Crippen molar-refractivity contribution in [2.75, 3.05) is 6.54 Å². The fourth-order valence-corrected chi connectivity index (χ4v) is 6.50. The molecular weight excluding hydrogens is 394 g/mol. The van der Waals surface area contributed by atoms with Crippen molar-refractivity contribution in [3.8, 4) is 0 Å². The van der Waals surface area contributed by atoms with Crippen LogP contribution in [0.4, 0.5) is 0 Å². The number of rotatable bonds is 6. The van der Waals surface area contributed by atoms with Gasteiger partial charge in [0, 0.05) is 18.6 Å². The van der Waals surface area contributed by atoms with Gasteiger partial charge in [-0.25, -0.2) is 0 Å². The van der Waals surface area contributed by atoms with Gasteiger partial charge in [-0.3, -0.25) is 14.4 Å². The highest BCUT2D eigenvalue weighted by Crippen LogP contribution is 2.55. The van der Waals surface area contributed by atoms with Crippen molar-refractivity contribution in [3.05, 3.63) is 24.8 Å². The summed E-state index contributed by atoms with van der Waals surface area (Å²) in [6.45, 7) is 4.04. The lowest BCUT2D eigenvalue weighted by Crippen LogP contribution is -2.56. The van der Waals surface area contributed by atoms with Gasteiger partial charge < -0.3 is 20.3 Å². The minimum absolute atomic E-state index is 0.117. The lowest BCUT2D eigenvalue weighted by atomic mass is 9.74. The van der Waals surface area contributed by atoms with Crippen molar-refractivity contribution < 1.29 is 19.1 Å². The second-order valence-corrected chi connectivity index (χ2v) is 9.81. The average Bonchev–Trinajstić information content (AvgIpc) is 3.52. The van der Waals surface area contributed by atoms with E-state index in [2.05, 4.69) is 17.2 Å². The highest BCUT2D eigenvalue weighted by atomic mass is 16.5. The maximum absolute atomic E-state index is 13.5. The zero-order valence-corrected chi connectivity index (χ0v) is 18.1. The third kappa shape index (κ3) is 3.32. The standard InChI is InChI=1S/C24H33N3O4/c1-2-14-27-20(22(29)26-16-8-4-3-5-9-16)24-13-12-17(31-24)18(19(24)23(27)30)21(28)25-15-10-6-7-11-15/h2,12-13,15-20H,1,3-11,14H2,(H,25,28)(H,26,29)/t17-,18+,19-,20+,24+/m1/s1. The highest BCUT2D eigenvalue weighted by molar-refractivity contribution is 6.00. The molecule has 2 bridgehead atoms. The number of nitrogens with one attached hydrogen (secondary N) is 2. The third-order valence-corrected chi connectivity index (χ3v) is 7.90. The van der Waals surface area contributed by atoms with Crippen molar-refractivity contribution in [2.24, 2.45) is 11.8 Å². The van der Waals surface area contributed by atoms with Gasteiger partial charge in [-0.05, 0) is 25.7 Å². The van der Waals surface area contributed by atoms with E-state index in [1.165, 1.54) is 6.42 Å². The molecule has 2 aliphatic carbocycles. The Morgan fingerprint density at radius 2 is 1.68 bits per heavy atom. The smallest absolute Gasteiger partial charge is 0.246 e. The molecule has 2 N–H and O–H groups in total. The van der Waals surface area contributed by atoms with Crippen LogP contribution in [0, 0.1) is 11.8 Å². The molecule has 5 atom stereocenters. The molecule has 3 aliphatic heterocycles. The highest BCUT2D eigenvalue weighted by Gasteiger charge is 2.72. The minimum atomic E-state index is -1.07. The summed E-state index contributed by atoms with van der Waals surface area (Å²) in [5, 5.41) is 6.33. The summed E-state index contributed by atoms with van der Waals surface area (Å²) >= 11 is 0. The SMILES string of the molecule is C=CCN1C(=O)[C@H]2[C@@H](C(=O)NC3CCCC3)[C@H]3C=C[C@@]2(O3)[C@@H]1C(=O)NC1CCCCC1. The van der Waals surface area contributed by atoms with Crippen molar-refractivity contribution in [1.29, 1.82) is 0 Å². The molecule has 7 heteroatoms. The molecule has 0 aromatic heterocycles. The van der Waals surface area contributed by atoms with Crippen LogP contribution in [0.5, 0.6) is 0 Å². The van der Waals surface area contributed by atoms with Gasteiger partial charge in [0.25, 0.3) is 0 Å². The van der Waals surface area contributed by atoms with E-state index < -0.39 is 29.6 Å². The Labute approximate surface area is 183 Å². The van der Waals surface area contributed by atoms with Crippen LogP contribution in [0.1, 0.15) is 57.8 Å². The molecule has 0 aromatic carbocycles. The van der Waals surface area contributed by atoms with Crippen molar-refractivity contribution >= 4 is 17.7 Å². The van der Waals surface area contributed by atoms with Gasteiger partial charge in [-0.2, -0.15) is 0 Å². The zero-order valence-electron chi connectivity index (χ0n) is 18.1. The van der Waals surface area contributed by atoms with Crippen LogP contribution in [-0.2, 0) is 19.1 Å². The number of hydrogen-bond acceptors (Lipinski definition) is 4. The lowest BCUT2D eigenvalue weighted by Gasteiger charge is -2.33.